The quantitative estimate of drug-likeness (QED) is 0.646. The predicted molar refractivity (Wildman–Crippen MR) is 87.1 cm³/mol. The lowest BCUT2D eigenvalue weighted by molar-refractivity contribution is 0.526. The van der Waals surface area contributed by atoms with E-state index in [-0.39, 0.29) is 11.9 Å². The summed E-state index contributed by atoms with van der Waals surface area (Å²) >= 11 is 3.45. The third kappa shape index (κ3) is 3.10. The van der Waals surface area contributed by atoms with Gasteiger partial charge in [-0.05, 0) is 61.9 Å². The van der Waals surface area contributed by atoms with Gasteiger partial charge in [-0.3, -0.25) is 0 Å². The van der Waals surface area contributed by atoms with E-state index in [1.54, 1.807) is 0 Å². The van der Waals surface area contributed by atoms with Crippen LogP contribution in [0.1, 0.15) is 24.3 Å². The third-order valence-corrected chi connectivity index (χ3v) is 3.84. The van der Waals surface area contributed by atoms with E-state index in [1.807, 2.05) is 44.2 Å². The number of hydrogen-bond donors (Lipinski definition) is 1. The van der Waals surface area contributed by atoms with Crippen molar-refractivity contribution in [2.45, 2.75) is 19.9 Å². The van der Waals surface area contributed by atoms with Crippen LogP contribution < -0.4 is 5.32 Å². The van der Waals surface area contributed by atoms with Gasteiger partial charge in [-0.25, -0.2) is 4.39 Å². The number of hydrogen-bond acceptors (Lipinski definition) is 2. The lowest BCUT2D eigenvalue weighted by atomic mass is 10.1. The minimum atomic E-state index is -0.238. The lowest BCUT2D eigenvalue weighted by Gasteiger charge is -2.13. The van der Waals surface area contributed by atoms with Crippen molar-refractivity contribution in [2.24, 2.45) is 0 Å². The van der Waals surface area contributed by atoms with Crippen molar-refractivity contribution in [1.29, 1.82) is 0 Å². The lowest BCUT2D eigenvalue weighted by Crippen LogP contribution is -2.05. The highest BCUT2D eigenvalue weighted by atomic mass is 79.9. The second-order valence-corrected chi connectivity index (χ2v) is 6.13. The average Bonchev–Trinajstić information content (AvgIpc) is 2.80. The number of halogens is 2. The maximum atomic E-state index is 13.4. The normalized spacial score (nSPS) is 12.6. The van der Waals surface area contributed by atoms with Crippen molar-refractivity contribution in [1.82, 2.24) is 0 Å². The molecule has 1 unspecified atom stereocenters. The Morgan fingerprint density at radius 2 is 1.95 bits per heavy atom. The van der Waals surface area contributed by atoms with Crippen LogP contribution in [0.4, 0.5) is 10.1 Å². The summed E-state index contributed by atoms with van der Waals surface area (Å²) in [6, 6.07) is 12.8. The molecule has 4 heteroatoms. The van der Waals surface area contributed by atoms with Crippen LogP contribution in [0.25, 0.3) is 11.0 Å². The van der Waals surface area contributed by atoms with E-state index in [0.29, 0.717) is 0 Å². The summed E-state index contributed by atoms with van der Waals surface area (Å²) in [5.41, 5.74) is 2.48. The van der Waals surface area contributed by atoms with E-state index < -0.39 is 0 Å². The first-order valence-electron chi connectivity index (χ1n) is 6.74. The fourth-order valence-electron chi connectivity index (χ4n) is 2.39. The van der Waals surface area contributed by atoms with Crippen molar-refractivity contribution >= 4 is 32.6 Å². The Bertz CT molecular complexity index is 776. The van der Waals surface area contributed by atoms with Crippen LogP contribution in [0.2, 0.25) is 0 Å². The Hall–Kier alpha value is -1.81. The molecule has 2 aromatic carbocycles. The predicted octanol–water partition coefficient (Wildman–Crippen LogP) is 5.82. The molecule has 0 aliphatic rings. The van der Waals surface area contributed by atoms with Crippen molar-refractivity contribution < 1.29 is 8.81 Å². The van der Waals surface area contributed by atoms with E-state index in [4.69, 9.17) is 4.42 Å². The second-order valence-electron chi connectivity index (χ2n) is 5.21. The van der Waals surface area contributed by atoms with Gasteiger partial charge in [0.2, 0.25) is 0 Å². The van der Waals surface area contributed by atoms with Gasteiger partial charge in [0.05, 0.1) is 6.04 Å². The minimum absolute atomic E-state index is 0.0441. The summed E-state index contributed by atoms with van der Waals surface area (Å²) < 4.78 is 20.3. The van der Waals surface area contributed by atoms with Crippen LogP contribution in [0.5, 0.6) is 0 Å². The molecule has 0 fully saturated rings. The van der Waals surface area contributed by atoms with Gasteiger partial charge < -0.3 is 9.73 Å². The summed E-state index contributed by atoms with van der Waals surface area (Å²) in [7, 11) is 0. The molecule has 0 saturated carbocycles. The summed E-state index contributed by atoms with van der Waals surface area (Å²) in [6.45, 7) is 3.87. The fraction of sp³-hybridized carbons (Fsp3) is 0.176. The molecule has 2 nitrogen and oxygen atoms in total. The van der Waals surface area contributed by atoms with E-state index >= 15 is 0 Å². The summed E-state index contributed by atoms with van der Waals surface area (Å²) in [6.07, 6.45) is 0. The zero-order valence-electron chi connectivity index (χ0n) is 11.8. The number of nitrogens with one attached hydrogen (secondary N) is 1. The Morgan fingerprint density at radius 1 is 1.14 bits per heavy atom. The smallest absolute Gasteiger partial charge is 0.134 e. The van der Waals surface area contributed by atoms with Gasteiger partial charge in [0.1, 0.15) is 17.2 Å². The molecule has 108 valence electrons. The Balaban J connectivity index is 1.87. The highest BCUT2D eigenvalue weighted by Gasteiger charge is 2.12. The molecule has 3 aromatic rings. The van der Waals surface area contributed by atoms with Crippen LogP contribution >= 0.6 is 15.9 Å². The maximum Gasteiger partial charge on any atom is 0.134 e. The molecule has 3 rings (SSSR count). The molecule has 21 heavy (non-hydrogen) atoms. The van der Waals surface area contributed by atoms with Crippen LogP contribution in [0.3, 0.4) is 0 Å². The van der Waals surface area contributed by atoms with Crippen LogP contribution in [-0.4, -0.2) is 0 Å². The molecular weight excluding hydrogens is 333 g/mol. The van der Waals surface area contributed by atoms with Crippen LogP contribution in [0.15, 0.2) is 51.4 Å². The SMILES string of the molecule is Cc1cc(F)cc(NC(C)c2cc3cc(Br)ccc3o2)c1. The highest BCUT2D eigenvalue weighted by Crippen LogP contribution is 2.28. The van der Waals surface area contributed by atoms with Gasteiger partial charge in [-0.2, -0.15) is 0 Å². The van der Waals surface area contributed by atoms with Gasteiger partial charge in [0, 0.05) is 15.5 Å². The molecular formula is C17H15BrFNO. The van der Waals surface area contributed by atoms with E-state index in [2.05, 4.69) is 21.2 Å². The number of furan rings is 1. The van der Waals surface area contributed by atoms with Gasteiger partial charge in [-0.15, -0.1) is 0 Å². The molecule has 1 N–H and O–H groups in total. The molecule has 0 aliphatic carbocycles. The first kappa shape index (κ1) is 14.1. The van der Waals surface area contributed by atoms with E-state index in [0.717, 1.165) is 32.5 Å². The summed E-state index contributed by atoms with van der Waals surface area (Å²) in [4.78, 5) is 0. The number of anilines is 1. The van der Waals surface area contributed by atoms with Crippen molar-refractivity contribution in [3.05, 3.63) is 64.1 Å². The number of fused-ring (bicyclic) bond motifs is 1. The zero-order chi connectivity index (χ0) is 15.0. The molecule has 0 amide bonds. The molecule has 0 saturated heterocycles. The van der Waals surface area contributed by atoms with Crippen molar-refractivity contribution in [2.75, 3.05) is 5.32 Å². The molecule has 0 bridgehead atoms. The van der Waals surface area contributed by atoms with E-state index in [9.17, 15) is 4.39 Å². The number of aryl methyl sites for hydroxylation is 1. The first-order chi connectivity index (χ1) is 10.0. The maximum absolute atomic E-state index is 13.4. The van der Waals surface area contributed by atoms with Crippen LogP contribution in [-0.2, 0) is 0 Å². The second kappa shape index (κ2) is 5.53. The highest BCUT2D eigenvalue weighted by molar-refractivity contribution is 9.10. The monoisotopic (exact) mass is 347 g/mol. The number of rotatable bonds is 3. The number of benzene rings is 2. The molecule has 1 atom stereocenters. The fourth-order valence-corrected chi connectivity index (χ4v) is 2.77. The average molecular weight is 348 g/mol. The van der Waals surface area contributed by atoms with Gasteiger partial charge in [0.15, 0.2) is 0 Å². The third-order valence-electron chi connectivity index (χ3n) is 3.35. The Morgan fingerprint density at radius 3 is 2.71 bits per heavy atom. The molecule has 1 aromatic heterocycles. The summed E-state index contributed by atoms with van der Waals surface area (Å²) in [5, 5.41) is 4.31. The molecule has 0 spiro atoms. The molecule has 1 heterocycles. The molecule has 0 radical (unpaired) electrons. The van der Waals surface area contributed by atoms with Gasteiger partial charge in [-0.1, -0.05) is 15.9 Å². The molecule has 0 aliphatic heterocycles. The minimum Gasteiger partial charge on any atom is -0.459 e. The summed E-state index contributed by atoms with van der Waals surface area (Å²) in [5.74, 6) is 0.586. The van der Waals surface area contributed by atoms with Gasteiger partial charge in [0.25, 0.3) is 0 Å². The Kier molecular flexibility index (Phi) is 3.72. The largest absolute Gasteiger partial charge is 0.459 e. The Labute approximate surface area is 131 Å². The topological polar surface area (TPSA) is 25.2 Å². The van der Waals surface area contributed by atoms with Crippen LogP contribution in [0, 0.1) is 12.7 Å². The standard InChI is InChI=1S/C17H15BrFNO/c1-10-5-14(19)9-15(6-10)20-11(2)17-8-12-7-13(18)3-4-16(12)21-17/h3-9,11,20H,1-2H3. The van der Waals surface area contributed by atoms with Gasteiger partial charge >= 0.3 is 0 Å². The van der Waals surface area contributed by atoms with E-state index in [1.165, 1.54) is 12.1 Å². The van der Waals surface area contributed by atoms with Crippen molar-refractivity contribution in [3.8, 4) is 0 Å². The first-order valence-corrected chi connectivity index (χ1v) is 7.53. The van der Waals surface area contributed by atoms with Crippen molar-refractivity contribution in [3.63, 3.8) is 0 Å². The zero-order valence-corrected chi connectivity index (χ0v) is 13.4.